The summed E-state index contributed by atoms with van der Waals surface area (Å²) in [7, 11) is -2.69. The molecule has 3 N–H and O–H groups in total. The number of aryl methyl sites for hydroxylation is 1. The van der Waals surface area contributed by atoms with E-state index in [4.69, 9.17) is 4.42 Å². The molecule has 0 fully saturated rings. The molecular formula is C20H18FN3O6S. The summed E-state index contributed by atoms with van der Waals surface area (Å²) in [5, 5.41) is 5.00. The van der Waals surface area contributed by atoms with Crippen LogP contribution >= 0.6 is 0 Å². The van der Waals surface area contributed by atoms with Crippen molar-refractivity contribution in [3.05, 3.63) is 77.5 Å². The van der Waals surface area contributed by atoms with E-state index >= 15 is 0 Å². The number of anilines is 2. The molecule has 0 saturated carbocycles. The summed E-state index contributed by atoms with van der Waals surface area (Å²) >= 11 is 0. The smallest absolute Gasteiger partial charge is 0.262 e. The number of carbonyl (C=O) groups excluding carboxylic acids is 2. The summed E-state index contributed by atoms with van der Waals surface area (Å²) in [6, 6.07) is 10.2. The Hall–Kier alpha value is -3.54. The molecule has 162 valence electrons. The molecule has 11 heteroatoms. The molecule has 1 aromatic heterocycles. The summed E-state index contributed by atoms with van der Waals surface area (Å²) in [5.74, 6) is -1.42. The molecule has 0 aliphatic carbocycles. The van der Waals surface area contributed by atoms with Crippen LogP contribution in [0.2, 0.25) is 0 Å². The zero-order valence-corrected chi connectivity index (χ0v) is 17.2. The number of amides is 2. The summed E-state index contributed by atoms with van der Waals surface area (Å²) in [6.07, 6.45) is 1.35. The van der Waals surface area contributed by atoms with Crippen molar-refractivity contribution < 1.29 is 31.7 Å². The van der Waals surface area contributed by atoms with Gasteiger partial charge in [-0.05, 0) is 55.5 Å². The van der Waals surface area contributed by atoms with E-state index in [9.17, 15) is 22.4 Å². The zero-order chi connectivity index (χ0) is 22.6. The molecular weight excluding hydrogens is 429 g/mol. The Morgan fingerprint density at radius 2 is 1.71 bits per heavy atom. The van der Waals surface area contributed by atoms with Gasteiger partial charge < -0.3 is 15.1 Å². The van der Waals surface area contributed by atoms with E-state index in [-0.39, 0.29) is 27.4 Å². The Labute approximate surface area is 177 Å². The maximum absolute atomic E-state index is 14.1. The van der Waals surface area contributed by atoms with Crippen LogP contribution in [0.5, 0.6) is 0 Å². The van der Waals surface area contributed by atoms with Gasteiger partial charge in [-0.1, -0.05) is 4.89 Å². The lowest BCUT2D eigenvalue weighted by molar-refractivity contribution is 0.101. The summed E-state index contributed by atoms with van der Waals surface area (Å²) in [5.41, 5.74) is 0.519. The molecule has 0 aliphatic heterocycles. The van der Waals surface area contributed by atoms with Crippen LogP contribution in [0.25, 0.3) is 0 Å². The van der Waals surface area contributed by atoms with Gasteiger partial charge in [0.15, 0.2) is 0 Å². The van der Waals surface area contributed by atoms with Gasteiger partial charge in [0.05, 0.1) is 29.5 Å². The first kappa shape index (κ1) is 22.2. The number of furan rings is 1. The summed E-state index contributed by atoms with van der Waals surface area (Å²) in [4.78, 5) is 30.9. The second-order valence-corrected chi connectivity index (χ2v) is 7.95. The first-order chi connectivity index (χ1) is 14.7. The van der Waals surface area contributed by atoms with Crippen LogP contribution in [0.4, 0.5) is 15.8 Å². The molecule has 3 rings (SSSR count). The molecule has 0 saturated heterocycles. The Morgan fingerprint density at radius 1 is 1.00 bits per heavy atom. The highest BCUT2D eigenvalue weighted by Gasteiger charge is 2.16. The van der Waals surface area contributed by atoms with Crippen LogP contribution in [0.15, 0.2) is 64.1 Å². The van der Waals surface area contributed by atoms with Crippen molar-refractivity contribution in [1.82, 2.24) is 4.89 Å². The largest absolute Gasteiger partial charge is 0.469 e. The van der Waals surface area contributed by atoms with Gasteiger partial charge in [-0.2, -0.15) is 0 Å². The third-order valence-electron chi connectivity index (χ3n) is 4.20. The fourth-order valence-electron chi connectivity index (χ4n) is 2.66. The van der Waals surface area contributed by atoms with E-state index in [1.54, 1.807) is 6.92 Å². The second-order valence-electron chi connectivity index (χ2n) is 6.31. The predicted molar refractivity (Wildman–Crippen MR) is 110 cm³/mol. The van der Waals surface area contributed by atoms with Crippen LogP contribution in [0.3, 0.4) is 0 Å². The van der Waals surface area contributed by atoms with Gasteiger partial charge in [0.1, 0.15) is 11.6 Å². The van der Waals surface area contributed by atoms with E-state index in [1.165, 1.54) is 48.7 Å². The quantitative estimate of drug-likeness (QED) is 0.478. The molecule has 0 spiro atoms. The van der Waals surface area contributed by atoms with Crippen LogP contribution in [-0.2, 0) is 14.9 Å². The zero-order valence-electron chi connectivity index (χ0n) is 16.4. The van der Waals surface area contributed by atoms with Gasteiger partial charge >= 0.3 is 0 Å². The number of rotatable bonds is 7. The highest BCUT2D eigenvalue weighted by molar-refractivity contribution is 7.89. The van der Waals surface area contributed by atoms with Gasteiger partial charge in [-0.15, -0.1) is 0 Å². The van der Waals surface area contributed by atoms with Gasteiger partial charge in [0, 0.05) is 11.3 Å². The highest BCUT2D eigenvalue weighted by atomic mass is 32.2. The van der Waals surface area contributed by atoms with Crippen molar-refractivity contribution in [3.63, 3.8) is 0 Å². The number of hydrogen-bond acceptors (Lipinski definition) is 6. The lowest BCUT2D eigenvalue weighted by atomic mass is 10.2. The Kier molecular flexibility index (Phi) is 6.49. The molecule has 31 heavy (non-hydrogen) atoms. The highest BCUT2D eigenvalue weighted by Crippen LogP contribution is 2.22. The summed E-state index contributed by atoms with van der Waals surface area (Å²) < 4.78 is 42.9. The maximum atomic E-state index is 14.1. The number of halogens is 1. The fraction of sp³-hybridized carbons (Fsp3) is 0.100. The van der Waals surface area contributed by atoms with Crippen LogP contribution < -0.4 is 15.5 Å². The molecule has 0 unspecified atom stereocenters. The number of hydrogen-bond donors (Lipinski definition) is 3. The van der Waals surface area contributed by atoms with E-state index in [1.807, 2.05) is 4.89 Å². The first-order valence-electron chi connectivity index (χ1n) is 8.82. The molecule has 0 radical (unpaired) electrons. The van der Waals surface area contributed by atoms with Crippen LogP contribution in [0.1, 0.15) is 26.5 Å². The van der Waals surface area contributed by atoms with Crippen molar-refractivity contribution in [2.45, 2.75) is 11.8 Å². The normalized spacial score (nSPS) is 11.2. The predicted octanol–water partition coefficient (Wildman–Crippen LogP) is 3.07. The molecule has 2 aromatic carbocycles. The molecule has 0 bridgehead atoms. The monoisotopic (exact) mass is 447 g/mol. The third kappa shape index (κ3) is 5.15. The molecule has 9 nitrogen and oxygen atoms in total. The van der Waals surface area contributed by atoms with E-state index in [2.05, 4.69) is 15.5 Å². The van der Waals surface area contributed by atoms with Crippen molar-refractivity contribution >= 4 is 33.2 Å². The van der Waals surface area contributed by atoms with Gasteiger partial charge in [-0.25, -0.2) is 12.8 Å². The van der Waals surface area contributed by atoms with Crippen molar-refractivity contribution in [1.29, 1.82) is 0 Å². The van der Waals surface area contributed by atoms with Gasteiger partial charge in [0.2, 0.25) is 0 Å². The number of carbonyl (C=O) groups is 2. The Bertz CT molecular complexity index is 1220. The standard InChI is InChI=1S/C20H18FN3O6S/c1-12-16(9-10-30-12)20(26)23-18-11-14(5-8-17(18)21)22-19(25)13-3-6-15(7-4-13)31(27,28)24-29-2/h3-11,24H,1-2H3,(H,22,25)(H,23,26). The van der Waals surface area contributed by atoms with Crippen molar-refractivity contribution in [2.75, 3.05) is 17.7 Å². The minimum absolute atomic E-state index is 0.0905. The van der Waals surface area contributed by atoms with E-state index in [0.717, 1.165) is 13.2 Å². The summed E-state index contributed by atoms with van der Waals surface area (Å²) in [6.45, 7) is 1.60. The second kappa shape index (κ2) is 9.08. The molecule has 1 heterocycles. The lowest BCUT2D eigenvalue weighted by Crippen LogP contribution is -2.22. The van der Waals surface area contributed by atoms with Crippen molar-refractivity contribution in [2.24, 2.45) is 0 Å². The Morgan fingerprint density at radius 3 is 2.32 bits per heavy atom. The third-order valence-corrected chi connectivity index (χ3v) is 5.47. The molecule has 0 atom stereocenters. The molecule has 2 amide bonds. The minimum Gasteiger partial charge on any atom is -0.469 e. The fourth-order valence-corrected chi connectivity index (χ4v) is 3.47. The number of sulfonamides is 1. The maximum Gasteiger partial charge on any atom is 0.262 e. The van der Waals surface area contributed by atoms with E-state index in [0.29, 0.717) is 5.76 Å². The van der Waals surface area contributed by atoms with Gasteiger partial charge in [0.25, 0.3) is 21.8 Å². The van der Waals surface area contributed by atoms with Crippen molar-refractivity contribution in [3.8, 4) is 0 Å². The lowest BCUT2D eigenvalue weighted by Gasteiger charge is -2.10. The minimum atomic E-state index is -3.85. The topological polar surface area (TPSA) is 127 Å². The van der Waals surface area contributed by atoms with Gasteiger partial charge in [-0.3, -0.25) is 14.4 Å². The number of nitrogens with one attached hydrogen (secondary N) is 3. The average molecular weight is 447 g/mol. The Balaban J connectivity index is 1.74. The van der Waals surface area contributed by atoms with Crippen LogP contribution in [0, 0.1) is 12.7 Å². The average Bonchev–Trinajstić information content (AvgIpc) is 3.16. The first-order valence-corrected chi connectivity index (χ1v) is 10.3. The van der Waals surface area contributed by atoms with E-state index < -0.39 is 27.7 Å². The number of benzene rings is 2. The SMILES string of the molecule is CONS(=O)(=O)c1ccc(C(=O)Nc2ccc(F)c(NC(=O)c3ccoc3C)c2)cc1. The van der Waals surface area contributed by atoms with Crippen LogP contribution in [-0.4, -0.2) is 27.3 Å². The molecule has 3 aromatic rings. The molecule has 0 aliphatic rings.